The Morgan fingerprint density at radius 2 is 1.68 bits per heavy atom. The molecule has 4 heteroatoms. The highest BCUT2D eigenvalue weighted by molar-refractivity contribution is 5.26. The Morgan fingerprint density at radius 1 is 0.955 bits per heavy atom. The molecule has 122 valence electrons. The lowest BCUT2D eigenvalue weighted by molar-refractivity contribution is 0.128. The van der Waals surface area contributed by atoms with Crippen LogP contribution < -0.4 is 4.74 Å². The Balaban J connectivity index is 0.00000116. The van der Waals surface area contributed by atoms with E-state index in [9.17, 15) is 0 Å². The van der Waals surface area contributed by atoms with Gasteiger partial charge in [-0.05, 0) is 31.9 Å². The van der Waals surface area contributed by atoms with Crippen LogP contribution >= 0.6 is 0 Å². The molecule has 0 aliphatic rings. The van der Waals surface area contributed by atoms with Crippen LogP contribution in [-0.4, -0.2) is 25.0 Å². The molecule has 0 aliphatic carbocycles. The zero-order valence-electron chi connectivity index (χ0n) is 13.9. The van der Waals surface area contributed by atoms with Gasteiger partial charge in [0, 0.05) is 19.1 Å². The summed E-state index contributed by atoms with van der Waals surface area (Å²) in [7, 11) is 0. The molecule has 0 aliphatic heterocycles. The maximum atomic E-state index is 5.65. The molecule has 2 aromatic rings. The summed E-state index contributed by atoms with van der Waals surface area (Å²) in [6.07, 6.45) is 4.39. The van der Waals surface area contributed by atoms with Crippen molar-refractivity contribution < 1.29 is 14.0 Å². The van der Waals surface area contributed by atoms with Crippen molar-refractivity contribution in [2.24, 2.45) is 0 Å². The van der Waals surface area contributed by atoms with Gasteiger partial charge in [0.25, 0.3) is 0 Å². The van der Waals surface area contributed by atoms with E-state index in [1.54, 1.807) is 6.26 Å². The monoisotopic (exact) mass is 305 g/mol. The van der Waals surface area contributed by atoms with E-state index in [4.69, 9.17) is 14.0 Å². The van der Waals surface area contributed by atoms with Gasteiger partial charge in [-0.25, -0.2) is 0 Å². The number of ether oxygens (including phenoxy) is 2. The van der Waals surface area contributed by atoms with Crippen molar-refractivity contribution in [2.45, 2.75) is 40.0 Å². The van der Waals surface area contributed by atoms with Crippen molar-refractivity contribution in [3.05, 3.63) is 47.9 Å². The largest absolute Gasteiger partial charge is 0.494 e. The van der Waals surface area contributed by atoms with E-state index in [1.807, 2.05) is 32.0 Å². The second-order valence-electron chi connectivity index (χ2n) is 4.72. The molecule has 0 amide bonds. The maximum absolute atomic E-state index is 5.65. The molecule has 1 aromatic carbocycles. The maximum Gasteiger partial charge on any atom is 0.124 e. The minimum absolute atomic E-state index is 0.686. The predicted octanol–water partition coefficient (Wildman–Crippen LogP) is 4.43. The summed E-state index contributed by atoms with van der Waals surface area (Å²) in [5.41, 5.74) is 2.19. The first-order valence-corrected chi connectivity index (χ1v) is 8.01. The summed E-state index contributed by atoms with van der Waals surface area (Å²) in [6, 6.07) is 9.98. The van der Waals surface area contributed by atoms with Gasteiger partial charge in [0.1, 0.15) is 12.0 Å². The predicted molar refractivity (Wildman–Crippen MR) is 88.3 cm³/mol. The van der Waals surface area contributed by atoms with Crippen LogP contribution in [0, 0.1) is 6.92 Å². The highest BCUT2D eigenvalue weighted by Crippen LogP contribution is 2.11. The minimum Gasteiger partial charge on any atom is -0.494 e. The first-order chi connectivity index (χ1) is 10.8. The van der Waals surface area contributed by atoms with Gasteiger partial charge in [0.05, 0.1) is 18.9 Å². The summed E-state index contributed by atoms with van der Waals surface area (Å²) < 4.78 is 15.9. The normalized spacial score (nSPS) is 9.95. The lowest BCUT2D eigenvalue weighted by atomic mass is 10.2. The van der Waals surface area contributed by atoms with Gasteiger partial charge in [-0.3, -0.25) is 0 Å². The Morgan fingerprint density at radius 3 is 2.36 bits per heavy atom. The van der Waals surface area contributed by atoms with Crippen molar-refractivity contribution in [1.82, 2.24) is 5.16 Å². The van der Waals surface area contributed by atoms with Gasteiger partial charge in [0.15, 0.2) is 0 Å². The van der Waals surface area contributed by atoms with Crippen molar-refractivity contribution >= 4 is 0 Å². The van der Waals surface area contributed by atoms with E-state index in [0.717, 1.165) is 43.9 Å². The fourth-order valence-electron chi connectivity index (χ4n) is 1.78. The van der Waals surface area contributed by atoms with Crippen molar-refractivity contribution in [3.63, 3.8) is 0 Å². The fourth-order valence-corrected chi connectivity index (χ4v) is 1.78. The molecule has 0 saturated carbocycles. The number of hydrogen-bond acceptors (Lipinski definition) is 4. The molecule has 0 fully saturated rings. The highest BCUT2D eigenvalue weighted by Gasteiger charge is 1.97. The first kappa shape index (κ1) is 18.2. The summed E-state index contributed by atoms with van der Waals surface area (Å²) in [4.78, 5) is 0. The fraction of sp³-hybridized carbons (Fsp3) is 0.500. The SMILES string of the molecule is CC.Cc1ccc(OCCCCOCCc2ccon2)cc1. The van der Waals surface area contributed by atoms with Gasteiger partial charge >= 0.3 is 0 Å². The van der Waals surface area contributed by atoms with Crippen LogP contribution in [0.25, 0.3) is 0 Å². The standard InChI is InChI=1S/C16H21NO3.C2H6/c1-14-4-6-16(7-5-14)19-11-3-2-10-18-12-8-15-9-13-20-17-15;1-2/h4-7,9,13H,2-3,8,10-12H2,1H3;1-2H3. The van der Waals surface area contributed by atoms with E-state index in [2.05, 4.69) is 24.2 Å². The number of aryl methyl sites for hydroxylation is 1. The van der Waals surface area contributed by atoms with Crippen LogP contribution in [0.2, 0.25) is 0 Å². The lowest BCUT2D eigenvalue weighted by Gasteiger charge is -2.06. The molecule has 0 bridgehead atoms. The first-order valence-electron chi connectivity index (χ1n) is 8.01. The number of rotatable bonds is 9. The van der Waals surface area contributed by atoms with Gasteiger partial charge in [-0.1, -0.05) is 36.7 Å². The molecule has 0 spiro atoms. The third-order valence-corrected chi connectivity index (χ3v) is 2.97. The molecule has 22 heavy (non-hydrogen) atoms. The van der Waals surface area contributed by atoms with Crippen LogP contribution in [0.5, 0.6) is 5.75 Å². The topological polar surface area (TPSA) is 44.5 Å². The average Bonchev–Trinajstić information content (AvgIpc) is 3.07. The third kappa shape index (κ3) is 7.84. The Hall–Kier alpha value is -1.81. The molecule has 4 nitrogen and oxygen atoms in total. The lowest BCUT2D eigenvalue weighted by Crippen LogP contribution is -2.03. The Bertz CT molecular complexity index is 466. The van der Waals surface area contributed by atoms with Crippen molar-refractivity contribution in [3.8, 4) is 5.75 Å². The van der Waals surface area contributed by atoms with Crippen molar-refractivity contribution in [1.29, 1.82) is 0 Å². The highest BCUT2D eigenvalue weighted by atomic mass is 16.5. The average molecular weight is 305 g/mol. The molecule has 1 heterocycles. The number of unbranched alkanes of at least 4 members (excludes halogenated alkanes) is 1. The van der Waals surface area contributed by atoms with Gasteiger partial charge in [-0.15, -0.1) is 0 Å². The number of benzene rings is 1. The van der Waals surface area contributed by atoms with Crippen molar-refractivity contribution in [2.75, 3.05) is 19.8 Å². The molecule has 0 saturated heterocycles. The molecular formula is C18H27NO3. The van der Waals surface area contributed by atoms with Crippen LogP contribution in [-0.2, 0) is 11.2 Å². The van der Waals surface area contributed by atoms with E-state index >= 15 is 0 Å². The third-order valence-electron chi connectivity index (χ3n) is 2.97. The molecular weight excluding hydrogens is 278 g/mol. The second-order valence-corrected chi connectivity index (χ2v) is 4.72. The smallest absolute Gasteiger partial charge is 0.124 e. The summed E-state index contributed by atoms with van der Waals surface area (Å²) in [5, 5.41) is 3.83. The van der Waals surface area contributed by atoms with E-state index in [1.165, 1.54) is 5.56 Å². The van der Waals surface area contributed by atoms with Gasteiger partial charge in [0.2, 0.25) is 0 Å². The Labute approximate surface area is 133 Å². The van der Waals surface area contributed by atoms with Crippen LogP contribution in [0.4, 0.5) is 0 Å². The quantitative estimate of drug-likeness (QED) is 0.643. The van der Waals surface area contributed by atoms with Crippen LogP contribution in [0.1, 0.15) is 37.9 Å². The summed E-state index contributed by atoms with van der Waals surface area (Å²) in [6.45, 7) is 8.25. The molecule has 2 rings (SSSR count). The zero-order valence-corrected chi connectivity index (χ0v) is 13.9. The summed E-state index contributed by atoms with van der Waals surface area (Å²) >= 11 is 0. The van der Waals surface area contributed by atoms with Crippen LogP contribution in [0.15, 0.2) is 41.1 Å². The molecule has 0 N–H and O–H groups in total. The second kappa shape index (κ2) is 11.8. The summed E-state index contributed by atoms with van der Waals surface area (Å²) in [5.74, 6) is 0.933. The molecule has 0 radical (unpaired) electrons. The number of nitrogens with zero attached hydrogens (tertiary/aromatic N) is 1. The Kier molecular flexibility index (Phi) is 9.79. The van der Waals surface area contributed by atoms with E-state index in [-0.39, 0.29) is 0 Å². The van der Waals surface area contributed by atoms with Gasteiger partial charge < -0.3 is 14.0 Å². The number of aromatic nitrogens is 1. The van der Waals surface area contributed by atoms with E-state index in [0.29, 0.717) is 6.61 Å². The minimum atomic E-state index is 0.686. The number of hydrogen-bond donors (Lipinski definition) is 0. The zero-order chi connectivity index (χ0) is 16.0. The van der Waals surface area contributed by atoms with E-state index < -0.39 is 0 Å². The van der Waals surface area contributed by atoms with Gasteiger partial charge in [-0.2, -0.15) is 0 Å². The molecule has 0 unspecified atom stereocenters. The molecule has 1 aromatic heterocycles. The van der Waals surface area contributed by atoms with Crippen LogP contribution in [0.3, 0.4) is 0 Å². The molecule has 0 atom stereocenters.